The fourth-order valence-electron chi connectivity index (χ4n) is 2.16. The van der Waals surface area contributed by atoms with Crippen LogP contribution in [0.2, 0.25) is 0 Å². The Kier molecular flexibility index (Phi) is 5.94. The smallest absolute Gasteiger partial charge is 0.265 e. The van der Waals surface area contributed by atoms with Crippen molar-refractivity contribution in [2.75, 3.05) is 6.54 Å². The van der Waals surface area contributed by atoms with Crippen LogP contribution in [-0.4, -0.2) is 28.4 Å². The van der Waals surface area contributed by atoms with Crippen molar-refractivity contribution >= 4 is 28.6 Å². The second-order valence-electron chi connectivity index (χ2n) is 5.31. The van der Waals surface area contributed by atoms with E-state index in [4.69, 9.17) is 0 Å². The first kappa shape index (κ1) is 16.2. The van der Waals surface area contributed by atoms with Gasteiger partial charge in [-0.05, 0) is 31.7 Å². The molecule has 0 saturated carbocycles. The first-order chi connectivity index (χ1) is 10.1. The third kappa shape index (κ3) is 4.14. The molecule has 0 unspecified atom stereocenters. The number of amides is 1. The Morgan fingerprint density at radius 1 is 1.38 bits per heavy atom. The van der Waals surface area contributed by atoms with Crippen molar-refractivity contribution < 1.29 is 4.79 Å². The Morgan fingerprint density at radius 2 is 2.19 bits per heavy atom. The maximum absolute atomic E-state index is 12.7. The summed E-state index contributed by atoms with van der Waals surface area (Å²) < 4.78 is 0. The molecule has 0 aliphatic heterocycles. The van der Waals surface area contributed by atoms with E-state index in [9.17, 15) is 4.79 Å². The van der Waals surface area contributed by atoms with Crippen LogP contribution in [0.3, 0.4) is 0 Å². The lowest BCUT2D eigenvalue weighted by atomic mass is 10.2. The van der Waals surface area contributed by atoms with Gasteiger partial charge in [0.05, 0.1) is 11.1 Å². The molecule has 0 fully saturated rings. The van der Waals surface area contributed by atoms with Crippen LogP contribution in [-0.2, 0) is 0 Å². The summed E-state index contributed by atoms with van der Waals surface area (Å²) in [5, 5.41) is 2.97. The number of nitrogens with zero attached hydrogens (tertiary/aromatic N) is 2. The second-order valence-corrected chi connectivity index (χ2v) is 7.28. The third-order valence-corrected chi connectivity index (χ3v) is 5.36. The van der Waals surface area contributed by atoms with Gasteiger partial charge in [-0.1, -0.05) is 25.8 Å². The van der Waals surface area contributed by atoms with E-state index in [2.05, 4.69) is 25.8 Å². The normalized spacial score (nSPS) is 11.0. The summed E-state index contributed by atoms with van der Waals surface area (Å²) in [5.74, 6) is 0.112. The molecular weight excluding hydrogens is 300 g/mol. The SMILES string of the molecule is CCCCCN(C(=O)c1cnc(-c2cccs2)s1)C(C)C. The summed E-state index contributed by atoms with van der Waals surface area (Å²) in [5.41, 5.74) is 0. The van der Waals surface area contributed by atoms with Crippen LogP contribution in [0.15, 0.2) is 23.7 Å². The predicted octanol–water partition coefficient (Wildman–Crippen LogP) is 4.91. The number of thiophene rings is 1. The molecule has 2 aromatic heterocycles. The highest BCUT2D eigenvalue weighted by Gasteiger charge is 2.21. The van der Waals surface area contributed by atoms with Crippen molar-refractivity contribution in [1.29, 1.82) is 0 Å². The lowest BCUT2D eigenvalue weighted by Gasteiger charge is -2.26. The summed E-state index contributed by atoms with van der Waals surface area (Å²) >= 11 is 3.15. The van der Waals surface area contributed by atoms with E-state index in [-0.39, 0.29) is 11.9 Å². The van der Waals surface area contributed by atoms with E-state index < -0.39 is 0 Å². The average Bonchev–Trinajstić information content (AvgIpc) is 3.11. The van der Waals surface area contributed by atoms with Crippen molar-refractivity contribution in [3.05, 3.63) is 28.6 Å². The van der Waals surface area contributed by atoms with Crippen LogP contribution in [0.25, 0.3) is 9.88 Å². The predicted molar refractivity (Wildman–Crippen MR) is 91.1 cm³/mol. The zero-order valence-electron chi connectivity index (χ0n) is 12.8. The topological polar surface area (TPSA) is 33.2 Å². The minimum absolute atomic E-state index is 0.112. The van der Waals surface area contributed by atoms with Gasteiger partial charge in [-0.3, -0.25) is 4.79 Å². The number of thiazole rings is 1. The van der Waals surface area contributed by atoms with Gasteiger partial charge >= 0.3 is 0 Å². The van der Waals surface area contributed by atoms with Gasteiger partial charge in [-0.15, -0.1) is 22.7 Å². The molecule has 0 aliphatic carbocycles. The van der Waals surface area contributed by atoms with Crippen molar-refractivity contribution in [2.24, 2.45) is 0 Å². The van der Waals surface area contributed by atoms with E-state index in [1.807, 2.05) is 22.4 Å². The maximum atomic E-state index is 12.7. The van der Waals surface area contributed by atoms with Gasteiger partial charge in [-0.25, -0.2) is 4.98 Å². The number of rotatable bonds is 7. The molecule has 0 aromatic carbocycles. The van der Waals surface area contributed by atoms with E-state index in [0.29, 0.717) is 0 Å². The highest BCUT2D eigenvalue weighted by molar-refractivity contribution is 7.21. The van der Waals surface area contributed by atoms with Gasteiger partial charge < -0.3 is 4.90 Å². The number of hydrogen-bond donors (Lipinski definition) is 0. The van der Waals surface area contributed by atoms with Gasteiger partial charge in [0.15, 0.2) is 0 Å². The molecule has 3 nitrogen and oxygen atoms in total. The van der Waals surface area contributed by atoms with Crippen LogP contribution in [0.5, 0.6) is 0 Å². The van der Waals surface area contributed by atoms with Crippen LogP contribution < -0.4 is 0 Å². The number of hydrogen-bond acceptors (Lipinski definition) is 4. The third-order valence-electron chi connectivity index (χ3n) is 3.34. The van der Waals surface area contributed by atoms with E-state index >= 15 is 0 Å². The zero-order chi connectivity index (χ0) is 15.2. The largest absolute Gasteiger partial charge is 0.335 e. The van der Waals surface area contributed by atoms with Crippen molar-refractivity contribution in [3.63, 3.8) is 0 Å². The molecule has 21 heavy (non-hydrogen) atoms. The molecule has 0 aliphatic rings. The van der Waals surface area contributed by atoms with Crippen LogP contribution in [0.4, 0.5) is 0 Å². The van der Waals surface area contributed by atoms with Crippen LogP contribution in [0.1, 0.15) is 49.7 Å². The summed E-state index contributed by atoms with van der Waals surface area (Å²) in [6, 6.07) is 4.27. The first-order valence-corrected chi connectivity index (χ1v) is 9.13. The number of carbonyl (C=O) groups excluding carboxylic acids is 1. The second kappa shape index (κ2) is 7.71. The van der Waals surface area contributed by atoms with Crippen LogP contribution >= 0.6 is 22.7 Å². The van der Waals surface area contributed by atoms with Gasteiger partial charge in [-0.2, -0.15) is 0 Å². The monoisotopic (exact) mass is 322 g/mol. The lowest BCUT2D eigenvalue weighted by Crippen LogP contribution is -2.37. The Bertz CT molecular complexity index is 561. The first-order valence-electron chi connectivity index (χ1n) is 7.44. The lowest BCUT2D eigenvalue weighted by molar-refractivity contribution is 0.0707. The Hall–Kier alpha value is -1.20. The van der Waals surface area contributed by atoms with E-state index in [0.717, 1.165) is 27.7 Å². The minimum Gasteiger partial charge on any atom is -0.335 e. The molecule has 5 heteroatoms. The quantitative estimate of drug-likeness (QED) is 0.678. The number of unbranched alkanes of at least 4 members (excludes halogenated alkanes) is 2. The van der Waals surface area contributed by atoms with Crippen molar-refractivity contribution in [3.8, 4) is 9.88 Å². The Labute approximate surface area is 134 Å². The fraction of sp³-hybridized carbons (Fsp3) is 0.500. The van der Waals surface area contributed by atoms with Crippen molar-refractivity contribution in [2.45, 2.75) is 46.1 Å². The summed E-state index contributed by atoms with van der Waals surface area (Å²) in [4.78, 5) is 20.9. The highest BCUT2D eigenvalue weighted by atomic mass is 32.1. The van der Waals surface area contributed by atoms with Crippen molar-refractivity contribution in [1.82, 2.24) is 9.88 Å². The Balaban J connectivity index is 2.09. The maximum Gasteiger partial charge on any atom is 0.265 e. The molecule has 2 heterocycles. The molecule has 0 radical (unpaired) electrons. The molecule has 2 rings (SSSR count). The number of aromatic nitrogens is 1. The molecule has 0 bridgehead atoms. The summed E-state index contributed by atoms with van der Waals surface area (Å²) in [6.45, 7) is 7.16. The molecule has 0 spiro atoms. The van der Waals surface area contributed by atoms with Gasteiger partial charge in [0, 0.05) is 12.6 Å². The summed E-state index contributed by atoms with van der Waals surface area (Å²) in [6.07, 6.45) is 5.12. The molecule has 0 saturated heterocycles. The Morgan fingerprint density at radius 3 is 2.81 bits per heavy atom. The van der Waals surface area contributed by atoms with E-state index in [1.54, 1.807) is 17.5 Å². The van der Waals surface area contributed by atoms with E-state index in [1.165, 1.54) is 24.2 Å². The van der Waals surface area contributed by atoms with Gasteiger partial charge in [0.2, 0.25) is 0 Å². The fourth-order valence-corrected chi connectivity index (χ4v) is 3.83. The molecule has 2 aromatic rings. The van der Waals surface area contributed by atoms with Crippen LogP contribution in [0, 0.1) is 0 Å². The van der Waals surface area contributed by atoms with Gasteiger partial charge in [0.1, 0.15) is 9.88 Å². The highest BCUT2D eigenvalue weighted by Crippen LogP contribution is 2.29. The molecule has 0 N–H and O–H groups in total. The standard InChI is InChI=1S/C16H22N2OS2/c1-4-5-6-9-18(12(2)3)16(19)14-11-17-15(21-14)13-8-7-10-20-13/h7-8,10-12H,4-6,9H2,1-3H3. The van der Waals surface area contributed by atoms with Gasteiger partial charge in [0.25, 0.3) is 5.91 Å². The molecule has 1 amide bonds. The summed E-state index contributed by atoms with van der Waals surface area (Å²) in [7, 11) is 0. The zero-order valence-corrected chi connectivity index (χ0v) is 14.5. The molecule has 114 valence electrons. The minimum atomic E-state index is 0.112. The molecule has 0 atom stereocenters. The average molecular weight is 322 g/mol. The number of carbonyl (C=O) groups is 1. The molecular formula is C16H22N2OS2.